The Morgan fingerprint density at radius 2 is 2.06 bits per heavy atom. The first-order valence-corrected chi connectivity index (χ1v) is 5.89. The van der Waals surface area contributed by atoms with Crippen molar-refractivity contribution in [1.82, 2.24) is 0 Å². The van der Waals surface area contributed by atoms with Gasteiger partial charge in [-0.2, -0.15) is 0 Å². The van der Waals surface area contributed by atoms with Gasteiger partial charge in [-0.15, -0.1) is 0 Å². The van der Waals surface area contributed by atoms with E-state index in [1.54, 1.807) is 7.11 Å². The van der Waals surface area contributed by atoms with Gasteiger partial charge in [-0.3, -0.25) is 4.99 Å². The van der Waals surface area contributed by atoms with Crippen molar-refractivity contribution in [3.63, 3.8) is 0 Å². The molecule has 18 heavy (non-hydrogen) atoms. The molecular formula is C15H14N2O. The molecule has 3 heteroatoms. The lowest BCUT2D eigenvalue weighted by atomic mass is 10.1. The average molecular weight is 238 g/mol. The number of nitrogens with zero attached hydrogens (tertiary/aromatic N) is 2. The first-order valence-electron chi connectivity index (χ1n) is 5.89. The Hall–Kier alpha value is -2.29. The van der Waals surface area contributed by atoms with Gasteiger partial charge in [0, 0.05) is 17.8 Å². The van der Waals surface area contributed by atoms with E-state index in [-0.39, 0.29) is 0 Å². The van der Waals surface area contributed by atoms with Gasteiger partial charge in [0.05, 0.1) is 12.8 Å². The summed E-state index contributed by atoms with van der Waals surface area (Å²) in [5, 5.41) is 2.38. The quantitative estimate of drug-likeness (QED) is 0.802. The molecule has 1 heterocycles. The van der Waals surface area contributed by atoms with Crippen LogP contribution in [0.25, 0.3) is 10.8 Å². The van der Waals surface area contributed by atoms with Gasteiger partial charge in [0.1, 0.15) is 12.4 Å². The van der Waals surface area contributed by atoms with Crippen molar-refractivity contribution in [3.05, 3.63) is 48.7 Å². The van der Waals surface area contributed by atoms with Gasteiger partial charge in [-0.05, 0) is 17.5 Å². The fourth-order valence-corrected chi connectivity index (χ4v) is 2.23. The van der Waals surface area contributed by atoms with Crippen LogP contribution < -0.4 is 9.64 Å². The maximum Gasteiger partial charge on any atom is 0.143 e. The van der Waals surface area contributed by atoms with Crippen LogP contribution in [0.1, 0.15) is 0 Å². The highest BCUT2D eigenvalue weighted by Crippen LogP contribution is 2.36. The van der Waals surface area contributed by atoms with Crippen LogP contribution in [0.4, 0.5) is 5.69 Å². The van der Waals surface area contributed by atoms with Gasteiger partial charge in [-0.1, -0.05) is 30.3 Å². The summed E-state index contributed by atoms with van der Waals surface area (Å²) in [5.41, 5.74) is 1.07. The molecule has 0 amide bonds. The number of methoxy groups -OCH3 is 1. The third kappa shape index (κ3) is 1.74. The Balaban J connectivity index is 2.23. The normalized spacial score (nSPS) is 14.2. The lowest BCUT2D eigenvalue weighted by Crippen LogP contribution is -2.19. The number of rotatable bonds is 2. The molecule has 2 aromatic rings. The molecule has 0 aliphatic carbocycles. The largest absolute Gasteiger partial charge is 0.495 e. The number of benzene rings is 2. The molecule has 0 saturated carbocycles. The monoisotopic (exact) mass is 238 g/mol. The predicted molar refractivity (Wildman–Crippen MR) is 75.5 cm³/mol. The van der Waals surface area contributed by atoms with Crippen LogP contribution >= 0.6 is 0 Å². The summed E-state index contributed by atoms with van der Waals surface area (Å²) in [7, 11) is 1.70. The maximum atomic E-state index is 5.48. The molecule has 0 fully saturated rings. The van der Waals surface area contributed by atoms with Crippen molar-refractivity contribution in [1.29, 1.82) is 0 Å². The second-order valence-corrected chi connectivity index (χ2v) is 4.12. The van der Waals surface area contributed by atoms with E-state index in [0.29, 0.717) is 6.67 Å². The Kier molecular flexibility index (Phi) is 2.73. The van der Waals surface area contributed by atoms with Crippen molar-refractivity contribution < 1.29 is 4.74 Å². The average Bonchev–Trinajstić information content (AvgIpc) is 2.47. The van der Waals surface area contributed by atoms with E-state index in [1.165, 1.54) is 10.8 Å². The van der Waals surface area contributed by atoms with Crippen molar-refractivity contribution in [3.8, 4) is 5.75 Å². The highest BCUT2D eigenvalue weighted by Gasteiger charge is 2.14. The van der Waals surface area contributed by atoms with E-state index in [9.17, 15) is 0 Å². The zero-order chi connectivity index (χ0) is 12.4. The third-order valence-electron chi connectivity index (χ3n) is 3.06. The molecule has 0 saturated heterocycles. The van der Waals surface area contributed by atoms with Crippen LogP contribution in [0.2, 0.25) is 0 Å². The molecule has 3 nitrogen and oxygen atoms in total. The van der Waals surface area contributed by atoms with E-state index in [2.05, 4.69) is 28.1 Å². The molecule has 1 aliphatic heterocycles. The Morgan fingerprint density at radius 3 is 2.83 bits per heavy atom. The fraction of sp³-hybridized carbons (Fsp3) is 0.133. The maximum absolute atomic E-state index is 5.48. The standard InChI is InChI=1S/C15H14N2O/c1-18-14-8-7-12-5-2-3-6-13(12)15(14)17-10-4-9-16-11-17/h2-10H,11H2,1H3. The van der Waals surface area contributed by atoms with Crippen LogP contribution in [0.15, 0.2) is 53.7 Å². The third-order valence-corrected chi connectivity index (χ3v) is 3.06. The van der Waals surface area contributed by atoms with E-state index in [1.807, 2.05) is 36.7 Å². The number of anilines is 1. The summed E-state index contributed by atoms with van der Waals surface area (Å²) in [6.45, 7) is 0.626. The molecule has 0 unspecified atom stereocenters. The minimum absolute atomic E-state index is 0.626. The minimum Gasteiger partial charge on any atom is -0.495 e. The van der Waals surface area contributed by atoms with Crippen molar-refractivity contribution in [2.75, 3.05) is 18.7 Å². The molecule has 0 bridgehead atoms. The molecule has 0 N–H and O–H groups in total. The number of ether oxygens (including phenoxy) is 1. The number of fused-ring (bicyclic) bond motifs is 1. The topological polar surface area (TPSA) is 24.8 Å². The van der Waals surface area contributed by atoms with Crippen LogP contribution in [0.5, 0.6) is 5.75 Å². The molecule has 2 aromatic carbocycles. The molecule has 3 rings (SSSR count). The van der Waals surface area contributed by atoms with E-state index in [0.717, 1.165) is 11.4 Å². The second kappa shape index (κ2) is 4.53. The summed E-state index contributed by atoms with van der Waals surface area (Å²) in [6.07, 6.45) is 5.77. The molecule has 0 atom stereocenters. The van der Waals surface area contributed by atoms with Gasteiger partial charge in [0.15, 0.2) is 0 Å². The highest BCUT2D eigenvalue weighted by atomic mass is 16.5. The second-order valence-electron chi connectivity index (χ2n) is 4.12. The number of hydrogen-bond acceptors (Lipinski definition) is 3. The number of hydrogen-bond donors (Lipinski definition) is 0. The minimum atomic E-state index is 0.626. The van der Waals surface area contributed by atoms with E-state index >= 15 is 0 Å². The Bertz CT molecular complexity index is 631. The van der Waals surface area contributed by atoms with Crippen LogP contribution in [0, 0.1) is 0 Å². The predicted octanol–water partition coefficient (Wildman–Crippen LogP) is 3.21. The Labute approximate surface area is 106 Å². The van der Waals surface area contributed by atoms with Gasteiger partial charge >= 0.3 is 0 Å². The van der Waals surface area contributed by atoms with Gasteiger partial charge < -0.3 is 9.64 Å². The lowest BCUT2D eigenvalue weighted by molar-refractivity contribution is 0.416. The molecule has 0 radical (unpaired) electrons. The van der Waals surface area contributed by atoms with Crippen LogP contribution in [-0.4, -0.2) is 20.0 Å². The van der Waals surface area contributed by atoms with Crippen LogP contribution in [-0.2, 0) is 0 Å². The van der Waals surface area contributed by atoms with Gasteiger partial charge in [-0.25, -0.2) is 0 Å². The first kappa shape index (κ1) is 10.8. The summed E-state index contributed by atoms with van der Waals surface area (Å²) in [5.74, 6) is 0.871. The van der Waals surface area contributed by atoms with Crippen molar-refractivity contribution >= 4 is 22.7 Å². The zero-order valence-electron chi connectivity index (χ0n) is 10.2. The van der Waals surface area contributed by atoms with Crippen LogP contribution in [0.3, 0.4) is 0 Å². The van der Waals surface area contributed by atoms with Crippen molar-refractivity contribution in [2.45, 2.75) is 0 Å². The molecule has 90 valence electrons. The van der Waals surface area contributed by atoms with E-state index in [4.69, 9.17) is 4.74 Å². The summed E-state index contributed by atoms with van der Waals surface area (Å²) < 4.78 is 5.48. The summed E-state index contributed by atoms with van der Waals surface area (Å²) in [4.78, 5) is 6.37. The lowest BCUT2D eigenvalue weighted by Gasteiger charge is -2.24. The van der Waals surface area contributed by atoms with E-state index < -0.39 is 0 Å². The summed E-state index contributed by atoms with van der Waals surface area (Å²) >= 11 is 0. The molecule has 0 spiro atoms. The zero-order valence-corrected chi connectivity index (χ0v) is 10.2. The SMILES string of the molecule is COc1ccc2ccccc2c1N1C=CC=NC1. The Morgan fingerprint density at radius 1 is 1.17 bits per heavy atom. The van der Waals surface area contributed by atoms with Gasteiger partial charge in [0.2, 0.25) is 0 Å². The first-order chi connectivity index (χ1) is 8.90. The number of aliphatic imine (C=N–C) groups is 1. The molecular weight excluding hydrogens is 224 g/mol. The number of allylic oxidation sites excluding steroid dienone is 1. The molecule has 1 aliphatic rings. The highest BCUT2D eigenvalue weighted by molar-refractivity contribution is 5.98. The van der Waals surface area contributed by atoms with Gasteiger partial charge in [0.25, 0.3) is 0 Å². The van der Waals surface area contributed by atoms with Crippen molar-refractivity contribution in [2.24, 2.45) is 4.99 Å². The molecule has 0 aromatic heterocycles. The smallest absolute Gasteiger partial charge is 0.143 e. The fourth-order valence-electron chi connectivity index (χ4n) is 2.23. The summed E-state index contributed by atoms with van der Waals surface area (Å²) in [6, 6.07) is 12.4.